The molecule has 0 spiro atoms. The fourth-order valence-electron chi connectivity index (χ4n) is 2.25. The molecule has 0 heterocycles. The Morgan fingerprint density at radius 3 is 2.28 bits per heavy atom. The van der Waals surface area contributed by atoms with Crippen molar-refractivity contribution >= 4 is 29.4 Å². The van der Waals surface area contributed by atoms with E-state index in [4.69, 9.17) is 4.99 Å². The first-order chi connectivity index (χ1) is 11.8. The van der Waals surface area contributed by atoms with Crippen LogP contribution < -0.4 is 0 Å². The molecule has 0 saturated carbocycles. The number of nitrogens with zero attached hydrogens (tertiary/aromatic N) is 2. The number of unbranched alkanes of at least 4 members (excludes halogenated alkanes) is 1. The third-order valence-electron chi connectivity index (χ3n) is 3.62. The summed E-state index contributed by atoms with van der Waals surface area (Å²) in [5.41, 5.74) is 4.17. The van der Waals surface area contributed by atoms with Crippen molar-refractivity contribution in [3.63, 3.8) is 0 Å². The number of para-hydroxylation sites is 1. The molecule has 0 radical (unpaired) electrons. The number of allylic oxidation sites excluding steroid dienone is 1. The standard InChI is InChI=1S/C22H26N2.Ni/c1-3-5-10-19-14-16-20(17-15-19)23-18-22(11-6-4-2)24-21-12-8-7-9-13-21;/h5,7-10,12-18H,3-4,6,11H2,1-2H3;/b10-5+,23-18+,24-22+;. The number of hydrogen-bond donors (Lipinski definition) is 0. The predicted octanol–water partition coefficient (Wildman–Crippen LogP) is 6.77. The molecular formula is C22H26N2Ni. The monoisotopic (exact) mass is 376 g/mol. The summed E-state index contributed by atoms with van der Waals surface area (Å²) in [6.07, 6.45) is 10.5. The molecule has 0 aromatic heterocycles. The summed E-state index contributed by atoms with van der Waals surface area (Å²) in [7, 11) is 0. The number of hydrogen-bond acceptors (Lipinski definition) is 2. The van der Waals surface area contributed by atoms with Gasteiger partial charge in [-0.15, -0.1) is 0 Å². The summed E-state index contributed by atoms with van der Waals surface area (Å²) in [5.74, 6) is 0. The third kappa shape index (κ3) is 8.09. The molecule has 0 saturated heterocycles. The molecule has 134 valence electrons. The van der Waals surface area contributed by atoms with Crippen LogP contribution in [0, 0.1) is 0 Å². The number of rotatable bonds is 8. The summed E-state index contributed by atoms with van der Waals surface area (Å²) in [6.45, 7) is 4.33. The zero-order valence-electron chi connectivity index (χ0n) is 15.0. The van der Waals surface area contributed by atoms with E-state index >= 15 is 0 Å². The Hall–Kier alpha value is -1.99. The molecule has 0 amide bonds. The Morgan fingerprint density at radius 2 is 1.64 bits per heavy atom. The smallest absolute Gasteiger partial charge is 0.0633 e. The van der Waals surface area contributed by atoms with E-state index in [1.54, 1.807) is 0 Å². The van der Waals surface area contributed by atoms with E-state index in [9.17, 15) is 0 Å². The van der Waals surface area contributed by atoms with Crippen LogP contribution in [0.1, 0.15) is 45.1 Å². The maximum absolute atomic E-state index is 4.73. The summed E-state index contributed by atoms with van der Waals surface area (Å²) in [5, 5.41) is 0. The molecule has 0 aliphatic heterocycles. The quantitative estimate of drug-likeness (QED) is 0.358. The normalized spacial score (nSPS) is 11.8. The fraction of sp³-hybridized carbons (Fsp3) is 0.273. The van der Waals surface area contributed by atoms with Crippen molar-refractivity contribution in [2.24, 2.45) is 9.98 Å². The SMILES string of the molecule is CC/C=C/c1ccc(/N=C/C(CCCC)=N/c2ccccc2)cc1.[Ni]. The summed E-state index contributed by atoms with van der Waals surface area (Å²) >= 11 is 0. The molecule has 2 aromatic rings. The van der Waals surface area contributed by atoms with E-state index in [0.717, 1.165) is 42.8 Å². The molecule has 0 atom stereocenters. The van der Waals surface area contributed by atoms with Gasteiger partial charge in [-0.25, -0.2) is 0 Å². The minimum atomic E-state index is 0. The maximum atomic E-state index is 4.73. The van der Waals surface area contributed by atoms with Crippen LogP contribution in [0.5, 0.6) is 0 Å². The van der Waals surface area contributed by atoms with Crippen LogP contribution in [0.3, 0.4) is 0 Å². The van der Waals surface area contributed by atoms with Gasteiger partial charge in [-0.1, -0.05) is 62.8 Å². The topological polar surface area (TPSA) is 24.7 Å². The predicted molar refractivity (Wildman–Crippen MR) is 107 cm³/mol. The molecule has 25 heavy (non-hydrogen) atoms. The van der Waals surface area contributed by atoms with Gasteiger partial charge in [0, 0.05) is 22.7 Å². The van der Waals surface area contributed by atoms with Gasteiger partial charge >= 0.3 is 0 Å². The van der Waals surface area contributed by atoms with E-state index in [-0.39, 0.29) is 16.5 Å². The van der Waals surface area contributed by atoms with E-state index in [1.807, 2.05) is 48.7 Å². The Balaban J connectivity index is 0.00000312. The first-order valence-corrected chi connectivity index (χ1v) is 8.75. The van der Waals surface area contributed by atoms with E-state index in [0.29, 0.717) is 0 Å². The molecule has 0 aliphatic rings. The van der Waals surface area contributed by atoms with Crippen molar-refractivity contribution in [1.29, 1.82) is 0 Å². The molecule has 0 unspecified atom stereocenters. The van der Waals surface area contributed by atoms with Crippen molar-refractivity contribution in [1.82, 2.24) is 0 Å². The Labute approximate surface area is 161 Å². The van der Waals surface area contributed by atoms with Gasteiger partial charge in [0.25, 0.3) is 0 Å². The van der Waals surface area contributed by atoms with Crippen molar-refractivity contribution in [3.05, 3.63) is 66.2 Å². The second-order valence-corrected chi connectivity index (χ2v) is 5.70. The second-order valence-electron chi connectivity index (χ2n) is 5.70. The van der Waals surface area contributed by atoms with Gasteiger partial charge in [-0.3, -0.25) is 9.98 Å². The van der Waals surface area contributed by atoms with Crippen LogP contribution in [0.15, 0.2) is 70.7 Å². The fourth-order valence-corrected chi connectivity index (χ4v) is 2.25. The minimum Gasteiger partial charge on any atom is -0.255 e. The van der Waals surface area contributed by atoms with Crippen LogP contribution in [0.4, 0.5) is 11.4 Å². The van der Waals surface area contributed by atoms with Gasteiger partial charge in [-0.2, -0.15) is 0 Å². The zero-order valence-corrected chi connectivity index (χ0v) is 16.0. The second kappa shape index (κ2) is 12.4. The zero-order chi connectivity index (χ0) is 17.0. The van der Waals surface area contributed by atoms with E-state index < -0.39 is 0 Å². The largest absolute Gasteiger partial charge is 0.255 e. The van der Waals surface area contributed by atoms with Crippen molar-refractivity contribution < 1.29 is 16.5 Å². The van der Waals surface area contributed by atoms with Gasteiger partial charge < -0.3 is 0 Å². The number of aliphatic imine (C=N–C) groups is 2. The van der Waals surface area contributed by atoms with Crippen LogP contribution in [0.25, 0.3) is 6.08 Å². The van der Waals surface area contributed by atoms with Crippen LogP contribution >= 0.6 is 0 Å². The molecular weight excluding hydrogens is 351 g/mol. The molecule has 2 rings (SSSR count). The van der Waals surface area contributed by atoms with Gasteiger partial charge in [-0.05, 0) is 49.1 Å². The molecule has 2 nitrogen and oxygen atoms in total. The Bertz CT molecular complexity index is 686. The van der Waals surface area contributed by atoms with Crippen LogP contribution in [-0.4, -0.2) is 11.9 Å². The van der Waals surface area contributed by atoms with Crippen LogP contribution in [0.2, 0.25) is 0 Å². The average molecular weight is 377 g/mol. The molecule has 0 aliphatic carbocycles. The van der Waals surface area contributed by atoms with Crippen LogP contribution in [-0.2, 0) is 16.5 Å². The molecule has 2 aromatic carbocycles. The summed E-state index contributed by atoms with van der Waals surface area (Å²) < 4.78 is 0. The Morgan fingerprint density at radius 1 is 0.920 bits per heavy atom. The summed E-state index contributed by atoms with van der Waals surface area (Å²) in [4.78, 5) is 9.32. The summed E-state index contributed by atoms with van der Waals surface area (Å²) in [6, 6.07) is 18.4. The van der Waals surface area contributed by atoms with Gasteiger partial charge in [0.15, 0.2) is 0 Å². The van der Waals surface area contributed by atoms with E-state index in [2.05, 4.69) is 43.1 Å². The first kappa shape index (κ1) is 21.1. The molecule has 0 fully saturated rings. The first-order valence-electron chi connectivity index (χ1n) is 8.75. The molecule has 0 N–H and O–H groups in total. The maximum Gasteiger partial charge on any atom is 0.0633 e. The van der Waals surface area contributed by atoms with Gasteiger partial charge in [0.2, 0.25) is 0 Å². The van der Waals surface area contributed by atoms with Gasteiger partial charge in [0.05, 0.1) is 17.1 Å². The van der Waals surface area contributed by atoms with Gasteiger partial charge in [0.1, 0.15) is 0 Å². The minimum absolute atomic E-state index is 0. The van der Waals surface area contributed by atoms with Crippen molar-refractivity contribution in [3.8, 4) is 0 Å². The van der Waals surface area contributed by atoms with Crippen molar-refractivity contribution in [2.45, 2.75) is 39.5 Å². The van der Waals surface area contributed by atoms with Crippen molar-refractivity contribution in [2.75, 3.05) is 0 Å². The third-order valence-corrected chi connectivity index (χ3v) is 3.62. The molecule has 3 heteroatoms. The van der Waals surface area contributed by atoms with E-state index in [1.165, 1.54) is 5.56 Å². The molecule has 0 bridgehead atoms. The number of benzene rings is 2. The Kier molecular flexibility index (Phi) is 10.4. The average Bonchev–Trinajstić information content (AvgIpc) is 2.64.